The van der Waals surface area contributed by atoms with Gasteiger partial charge in [-0.3, -0.25) is 4.68 Å². The molecule has 49 heavy (non-hydrogen) atoms. The van der Waals surface area contributed by atoms with E-state index >= 15 is 0 Å². The average molecular weight is 822 g/mol. The molecule has 0 amide bonds. The topological polar surface area (TPSA) is 29.2 Å². The Bertz CT molecular complexity index is 2320. The van der Waals surface area contributed by atoms with Crippen molar-refractivity contribution < 1.29 is 21.1 Å². The third-order valence-corrected chi connectivity index (χ3v) is 9.24. The molecule has 0 atom stereocenters. The van der Waals surface area contributed by atoms with E-state index in [9.17, 15) is 0 Å². The van der Waals surface area contributed by atoms with Gasteiger partial charge in [-0.2, -0.15) is 23.9 Å². The SMILES string of the molecule is CN1[CH-]N(c2[c-]c(-n3c4[c-]c(-n5nc(C(C)(C)C)c(-c6ccccc6)c5C(C)(C)C)ccc4c4ccccc43)ccc2)c2ccccc21.[Pt]. The fraction of sp³-hybridized carbons (Fsp3) is 0.209. The summed E-state index contributed by atoms with van der Waals surface area (Å²) in [6.45, 7) is 15.7. The van der Waals surface area contributed by atoms with Crippen molar-refractivity contribution in [3.8, 4) is 22.5 Å². The quantitative estimate of drug-likeness (QED) is 0.166. The Balaban J connectivity index is 0.00000378. The number of rotatable bonds is 4. The molecule has 5 aromatic carbocycles. The summed E-state index contributed by atoms with van der Waals surface area (Å²) < 4.78 is 4.45. The number of para-hydroxylation sites is 3. The maximum absolute atomic E-state index is 5.41. The van der Waals surface area contributed by atoms with Crippen molar-refractivity contribution in [2.45, 2.75) is 52.4 Å². The third-order valence-electron chi connectivity index (χ3n) is 9.24. The van der Waals surface area contributed by atoms with E-state index in [4.69, 9.17) is 5.10 Å². The molecule has 250 valence electrons. The van der Waals surface area contributed by atoms with E-state index < -0.39 is 0 Å². The molecule has 1 aliphatic heterocycles. The van der Waals surface area contributed by atoms with Crippen LogP contribution in [0.1, 0.15) is 52.9 Å². The van der Waals surface area contributed by atoms with E-state index in [-0.39, 0.29) is 31.9 Å². The monoisotopic (exact) mass is 821 g/mol. The van der Waals surface area contributed by atoms with Gasteiger partial charge in [0, 0.05) is 54.4 Å². The van der Waals surface area contributed by atoms with Gasteiger partial charge >= 0.3 is 0 Å². The van der Waals surface area contributed by atoms with Gasteiger partial charge in [-0.05, 0) is 41.9 Å². The van der Waals surface area contributed by atoms with Crippen molar-refractivity contribution in [2.75, 3.05) is 16.8 Å². The largest absolute Gasteiger partial charge is 0.504 e. The molecule has 0 spiro atoms. The Kier molecular flexibility index (Phi) is 8.11. The van der Waals surface area contributed by atoms with E-state index in [1.54, 1.807) is 0 Å². The maximum atomic E-state index is 5.41. The normalized spacial score (nSPS) is 13.3. The molecule has 5 nitrogen and oxygen atoms in total. The zero-order chi connectivity index (χ0) is 33.4. The molecule has 0 bridgehead atoms. The van der Waals surface area contributed by atoms with E-state index in [0.717, 1.165) is 44.9 Å². The molecule has 2 aromatic heterocycles. The van der Waals surface area contributed by atoms with Gasteiger partial charge in [0.05, 0.1) is 11.4 Å². The van der Waals surface area contributed by atoms with Crippen molar-refractivity contribution in [3.05, 3.63) is 139 Å². The fourth-order valence-electron chi connectivity index (χ4n) is 7.12. The zero-order valence-corrected chi connectivity index (χ0v) is 31.3. The van der Waals surface area contributed by atoms with Crippen LogP contribution in [0.4, 0.5) is 17.1 Å². The molecular weight excluding hydrogens is 782 g/mol. The van der Waals surface area contributed by atoms with Crippen LogP contribution in [-0.4, -0.2) is 21.4 Å². The second kappa shape index (κ2) is 12.1. The first-order chi connectivity index (χ1) is 23.0. The number of hydrogen-bond donors (Lipinski definition) is 0. The Morgan fingerprint density at radius 3 is 2.02 bits per heavy atom. The summed E-state index contributed by atoms with van der Waals surface area (Å²) in [7, 11) is 2.08. The van der Waals surface area contributed by atoms with E-state index in [0.29, 0.717) is 0 Å². The van der Waals surface area contributed by atoms with Gasteiger partial charge in [-0.15, -0.1) is 41.4 Å². The Hall–Kier alpha value is -4.60. The molecule has 0 saturated carbocycles. The van der Waals surface area contributed by atoms with Crippen molar-refractivity contribution in [2.24, 2.45) is 0 Å². The summed E-state index contributed by atoms with van der Waals surface area (Å²) >= 11 is 0. The minimum atomic E-state index is -0.186. The van der Waals surface area contributed by atoms with Crippen LogP contribution in [0.15, 0.2) is 109 Å². The molecule has 0 aliphatic carbocycles. The number of fused-ring (bicyclic) bond motifs is 4. The number of aromatic nitrogens is 3. The fourth-order valence-corrected chi connectivity index (χ4v) is 7.12. The average Bonchev–Trinajstić information content (AvgIpc) is 3.75. The summed E-state index contributed by atoms with van der Waals surface area (Å²) in [4.78, 5) is 4.36. The maximum Gasteiger partial charge on any atom is 0.0763 e. The predicted molar refractivity (Wildman–Crippen MR) is 200 cm³/mol. The second-order valence-corrected chi connectivity index (χ2v) is 14.8. The summed E-state index contributed by atoms with van der Waals surface area (Å²) in [6, 6.07) is 46.2. The molecular formula is C43H40N5Pt-3. The van der Waals surface area contributed by atoms with Crippen LogP contribution < -0.4 is 9.80 Å². The summed E-state index contributed by atoms with van der Waals surface area (Å²) in [5, 5.41) is 7.74. The minimum Gasteiger partial charge on any atom is -0.504 e. The molecule has 1 aliphatic rings. The summed E-state index contributed by atoms with van der Waals surface area (Å²) in [5.41, 5.74) is 11.6. The van der Waals surface area contributed by atoms with Gasteiger partial charge in [0.1, 0.15) is 0 Å². The Morgan fingerprint density at radius 2 is 1.29 bits per heavy atom. The standard InChI is InChI=1S/C43H40N5.Pt/c1-42(2,3)40-39(29-16-9-8-10-17-29)41(43(4,5)6)48(44-40)32-24-25-34-33-20-11-12-21-35(33)47(38(34)27-32)31-19-15-18-30(26-31)46-28-45(7)36-22-13-14-23-37(36)46;/h8-25,28H,1-7H3;/q-3;. The first-order valence-corrected chi connectivity index (χ1v) is 16.6. The van der Waals surface area contributed by atoms with Crippen molar-refractivity contribution in [3.63, 3.8) is 0 Å². The summed E-state index contributed by atoms with van der Waals surface area (Å²) in [5.74, 6) is 0. The first-order valence-electron chi connectivity index (χ1n) is 16.6. The van der Waals surface area contributed by atoms with Crippen LogP contribution in [-0.2, 0) is 31.9 Å². The second-order valence-electron chi connectivity index (χ2n) is 14.8. The van der Waals surface area contributed by atoms with Gasteiger partial charge in [0.2, 0.25) is 0 Å². The smallest absolute Gasteiger partial charge is 0.0763 e. The van der Waals surface area contributed by atoms with Gasteiger partial charge in [-0.25, -0.2) is 0 Å². The molecule has 0 unspecified atom stereocenters. The molecule has 0 N–H and O–H groups in total. The molecule has 0 saturated heterocycles. The van der Waals surface area contributed by atoms with Crippen molar-refractivity contribution in [1.29, 1.82) is 0 Å². The van der Waals surface area contributed by atoms with Crippen LogP contribution in [0.25, 0.3) is 44.3 Å². The van der Waals surface area contributed by atoms with Crippen LogP contribution in [0, 0.1) is 18.8 Å². The molecule has 8 rings (SSSR count). The van der Waals surface area contributed by atoms with Crippen LogP contribution in [0.3, 0.4) is 0 Å². The number of nitrogens with zero attached hydrogens (tertiary/aromatic N) is 5. The van der Waals surface area contributed by atoms with Gasteiger partial charge < -0.3 is 14.4 Å². The van der Waals surface area contributed by atoms with Crippen molar-refractivity contribution >= 4 is 38.9 Å². The molecule has 7 aromatic rings. The number of anilines is 3. The summed E-state index contributed by atoms with van der Waals surface area (Å²) in [6.07, 6.45) is 0. The van der Waals surface area contributed by atoms with Gasteiger partial charge in [-0.1, -0.05) is 113 Å². The molecule has 3 heterocycles. The number of benzene rings is 5. The van der Waals surface area contributed by atoms with Crippen LogP contribution >= 0.6 is 0 Å². The van der Waals surface area contributed by atoms with Crippen LogP contribution in [0.5, 0.6) is 0 Å². The Labute approximate surface area is 304 Å². The first kappa shape index (κ1) is 32.9. The third kappa shape index (κ3) is 5.49. The van der Waals surface area contributed by atoms with E-state index in [2.05, 4.69) is 196 Å². The van der Waals surface area contributed by atoms with E-state index in [1.165, 1.54) is 27.9 Å². The van der Waals surface area contributed by atoms with E-state index in [1.807, 2.05) is 0 Å². The van der Waals surface area contributed by atoms with Gasteiger partial charge in [0.25, 0.3) is 0 Å². The van der Waals surface area contributed by atoms with Crippen LogP contribution in [0.2, 0.25) is 0 Å². The molecule has 0 radical (unpaired) electrons. The van der Waals surface area contributed by atoms with Gasteiger partial charge in [0.15, 0.2) is 0 Å². The molecule has 0 fully saturated rings. The molecule has 6 heteroatoms. The minimum absolute atomic E-state index is 0. The zero-order valence-electron chi connectivity index (χ0n) is 29.0. The predicted octanol–water partition coefficient (Wildman–Crippen LogP) is 10.5. The Morgan fingerprint density at radius 1 is 0.612 bits per heavy atom. The van der Waals surface area contributed by atoms with Crippen molar-refractivity contribution in [1.82, 2.24) is 14.3 Å². The number of hydrogen-bond acceptors (Lipinski definition) is 3.